The van der Waals surface area contributed by atoms with Gasteiger partial charge in [0.1, 0.15) is 16.4 Å². The molecule has 3 aromatic rings. The molecule has 0 radical (unpaired) electrons. The molecule has 7 heteroatoms. The highest BCUT2D eigenvalue weighted by Gasteiger charge is 2.24. The van der Waals surface area contributed by atoms with Gasteiger partial charge in [0, 0.05) is 18.0 Å². The van der Waals surface area contributed by atoms with Crippen LogP contribution in [0.2, 0.25) is 0 Å². The van der Waals surface area contributed by atoms with Crippen molar-refractivity contribution in [2.75, 3.05) is 26.3 Å². The van der Waals surface area contributed by atoms with E-state index in [-0.39, 0.29) is 0 Å². The number of hydrogen-bond acceptors (Lipinski definition) is 7. The lowest BCUT2D eigenvalue weighted by Gasteiger charge is -2.25. The summed E-state index contributed by atoms with van der Waals surface area (Å²) in [4.78, 5) is 14.5. The summed E-state index contributed by atoms with van der Waals surface area (Å²) in [5.74, 6) is 2.17. The highest BCUT2D eigenvalue weighted by Crippen LogP contribution is 2.42. The molecule has 3 heterocycles. The highest BCUT2D eigenvalue weighted by atomic mass is 32.1. The summed E-state index contributed by atoms with van der Waals surface area (Å²) in [7, 11) is 0. The van der Waals surface area contributed by atoms with E-state index in [1.165, 1.54) is 16.9 Å². The van der Waals surface area contributed by atoms with Crippen molar-refractivity contribution in [3.05, 3.63) is 45.6 Å². The first kappa shape index (κ1) is 18.5. The molecule has 1 aromatic carbocycles. The predicted octanol–water partition coefficient (Wildman–Crippen LogP) is 3.98. The molecule has 0 amide bonds. The Balaban J connectivity index is 1.55. The number of fused-ring (bicyclic) bond motifs is 3. The van der Waals surface area contributed by atoms with Crippen LogP contribution in [-0.4, -0.2) is 41.2 Å². The molecule has 0 bridgehead atoms. The van der Waals surface area contributed by atoms with Crippen molar-refractivity contribution in [3.8, 4) is 17.7 Å². The van der Waals surface area contributed by atoms with Crippen LogP contribution in [0.5, 0.6) is 11.6 Å². The third-order valence-electron chi connectivity index (χ3n) is 5.56. The first-order chi connectivity index (χ1) is 14.2. The molecule has 1 saturated heterocycles. The molecule has 29 heavy (non-hydrogen) atoms. The molecule has 1 aliphatic heterocycles. The van der Waals surface area contributed by atoms with Gasteiger partial charge in [-0.1, -0.05) is 0 Å². The summed E-state index contributed by atoms with van der Waals surface area (Å²) in [6.45, 7) is 5.96. The topological polar surface area (TPSA) is 71.3 Å². The second kappa shape index (κ2) is 7.71. The van der Waals surface area contributed by atoms with Gasteiger partial charge < -0.3 is 9.47 Å². The Morgan fingerprint density at radius 3 is 2.90 bits per heavy atom. The fourth-order valence-electron chi connectivity index (χ4n) is 4.05. The zero-order chi connectivity index (χ0) is 19.8. The van der Waals surface area contributed by atoms with Gasteiger partial charge in [0.05, 0.1) is 36.8 Å². The summed E-state index contributed by atoms with van der Waals surface area (Å²) >= 11 is 1.78. The van der Waals surface area contributed by atoms with Crippen LogP contribution in [0.25, 0.3) is 10.2 Å². The number of morpholine rings is 1. The number of rotatable bonds is 4. The number of nitriles is 1. The van der Waals surface area contributed by atoms with Gasteiger partial charge in [0.2, 0.25) is 5.88 Å². The fraction of sp³-hybridized carbons (Fsp3) is 0.409. The van der Waals surface area contributed by atoms with Crippen LogP contribution in [0.4, 0.5) is 0 Å². The van der Waals surface area contributed by atoms with Gasteiger partial charge >= 0.3 is 0 Å². The predicted molar refractivity (Wildman–Crippen MR) is 112 cm³/mol. The van der Waals surface area contributed by atoms with Crippen molar-refractivity contribution in [2.45, 2.75) is 32.7 Å². The van der Waals surface area contributed by atoms with Crippen LogP contribution < -0.4 is 4.74 Å². The van der Waals surface area contributed by atoms with Gasteiger partial charge in [0.25, 0.3) is 0 Å². The van der Waals surface area contributed by atoms with E-state index in [4.69, 9.17) is 24.7 Å². The van der Waals surface area contributed by atoms with Crippen LogP contribution in [0.1, 0.15) is 33.8 Å². The Morgan fingerprint density at radius 2 is 2.10 bits per heavy atom. The average Bonchev–Trinajstić information content (AvgIpc) is 3.31. The van der Waals surface area contributed by atoms with E-state index in [2.05, 4.69) is 11.0 Å². The van der Waals surface area contributed by atoms with E-state index in [1.807, 2.05) is 19.1 Å². The Kier molecular flexibility index (Phi) is 4.92. The number of ether oxygens (including phenoxy) is 2. The first-order valence-corrected chi connectivity index (χ1v) is 10.8. The second-order valence-corrected chi connectivity index (χ2v) is 8.65. The Hall–Kier alpha value is -2.53. The molecule has 6 nitrogen and oxygen atoms in total. The van der Waals surface area contributed by atoms with Crippen molar-refractivity contribution in [2.24, 2.45) is 0 Å². The van der Waals surface area contributed by atoms with E-state index < -0.39 is 0 Å². The van der Waals surface area contributed by atoms with E-state index in [0.717, 1.165) is 66.5 Å². The molecule has 0 saturated carbocycles. The van der Waals surface area contributed by atoms with Crippen LogP contribution in [0, 0.1) is 18.3 Å². The molecule has 0 spiro atoms. The summed E-state index contributed by atoms with van der Waals surface area (Å²) in [6.07, 6.45) is 3.36. The molecule has 1 fully saturated rings. The van der Waals surface area contributed by atoms with Gasteiger partial charge in [-0.2, -0.15) is 10.2 Å². The lowest BCUT2D eigenvalue weighted by atomic mass is 10.1. The van der Waals surface area contributed by atoms with Crippen molar-refractivity contribution < 1.29 is 9.47 Å². The summed E-state index contributed by atoms with van der Waals surface area (Å²) in [5, 5.41) is 10.2. The summed E-state index contributed by atoms with van der Waals surface area (Å²) in [6, 6.07) is 7.67. The molecule has 5 rings (SSSR count). The summed E-state index contributed by atoms with van der Waals surface area (Å²) < 4.78 is 11.8. The molecule has 2 aromatic heterocycles. The molecule has 148 valence electrons. The quantitative estimate of drug-likeness (QED) is 0.653. The SMILES string of the molecule is Cc1cc(C#N)ccc1Oc1nc(CN2CCOCC2)nc2sc3c(c12)CCC3. The Morgan fingerprint density at radius 1 is 1.24 bits per heavy atom. The molecule has 0 N–H and O–H groups in total. The minimum Gasteiger partial charge on any atom is -0.438 e. The lowest BCUT2D eigenvalue weighted by Crippen LogP contribution is -2.36. The molecule has 0 atom stereocenters. The molecular weight excluding hydrogens is 384 g/mol. The minimum absolute atomic E-state index is 0.632. The third-order valence-corrected chi connectivity index (χ3v) is 6.74. The molecule has 2 aliphatic rings. The number of nitrogens with zero attached hydrogens (tertiary/aromatic N) is 4. The zero-order valence-corrected chi connectivity index (χ0v) is 17.2. The van der Waals surface area contributed by atoms with E-state index in [0.29, 0.717) is 18.0 Å². The maximum atomic E-state index is 9.13. The first-order valence-electron chi connectivity index (χ1n) is 10.0. The molecule has 0 unspecified atom stereocenters. The second-order valence-electron chi connectivity index (χ2n) is 7.57. The monoisotopic (exact) mass is 406 g/mol. The summed E-state index contributed by atoms with van der Waals surface area (Å²) in [5.41, 5.74) is 2.91. The van der Waals surface area contributed by atoms with Gasteiger partial charge in [-0.3, -0.25) is 4.90 Å². The zero-order valence-electron chi connectivity index (χ0n) is 16.4. The number of aromatic nitrogens is 2. The van der Waals surface area contributed by atoms with Crippen LogP contribution in [0.15, 0.2) is 18.2 Å². The lowest BCUT2D eigenvalue weighted by molar-refractivity contribution is 0.0330. The third kappa shape index (κ3) is 3.60. The van der Waals surface area contributed by atoms with Crippen molar-refractivity contribution in [1.82, 2.24) is 14.9 Å². The maximum Gasteiger partial charge on any atom is 0.231 e. The van der Waals surface area contributed by atoms with Gasteiger partial charge in [-0.25, -0.2) is 4.98 Å². The van der Waals surface area contributed by atoms with Gasteiger partial charge in [0.15, 0.2) is 0 Å². The molecular formula is C22H22N4O2S. The van der Waals surface area contributed by atoms with Gasteiger partial charge in [-0.05, 0) is 55.5 Å². The number of thiophene rings is 1. The molecule has 1 aliphatic carbocycles. The largest absolute Gasteiger partial charge is 0.438 e. The van der Waals surface area contributed by atoms with E-state index in [9.17, 15) is 0 Å². The number of benzene rings is 1. The van der Waals surface area contributed by atoms with E-state index in [1.54, 1.807) is 17.4 Å². The minimum atomic E-state index is 0.632. The number of hydrogen-bond donors (Lipinski definition) is 0. The fourth-order valence-corrected chi connectivity index (χ4v) is 5.32. The van der Waals surface area contributed by atoms with E-state index >= 15 is 0 Å². The smallest absolute Gasteiger partial charge is 0.231 e. The standard InChI is InChI=1S/C22H22N4O2S/c1-14-11-15(12-23)5-6-17(14)28-21-20-16-3-2-4-18(16)29-22(20)25-19(24-21)13-26-7-9-27-10-8-26/h5-6,11H,2-4,7-10,13H2,1H3. The van der Waals surface area contributed by atoms with Gasteiger partial charge in [-0.15, -0.1) is 11.3 Å². The Bertz CT molecular complexity index is 1110. The van der Waals surface area contributed by atoms with Crippen LogP contribution >= 0.6 is 11.3 Å². The van der Waals surface area contributed by atoms with Crippen molar-refractivity contribution in [3.63, 3.8) is 0 Å². The van der Waals surface area contributed by atoms with Crippen LogP contribution in [0.3, 0.4) is 0 Å². The number of aryl methyl sites for hydroxylation is 3. The highest BCUT2D eigenvalue weighted by molar-refractivity contribution is 7.19. The van der Waals surface area contributed by atoms with Crippen LogP contribution in [-0.2, 0) is 24.1 Å². The van der Waals surface area contributed by atoms with Crippen molar-refractivity contribution >= 4 is 21.6 Å². The maximum absolute atomic E-state index is 9.13. The van der Waals surface area contributed by atoms with Crippen molar-refractivity contribution in [1.29, 1.82) is 5.26 Å². The average molecular weight is 407 g/mol. The normalized spacial score (nSPS) is 16.7. The Labute approximate surface area is 173 Å².